The fourth-order valence-electron chi connectivity index (χ4n) is 4.17. The molecule has 1 saturated carbocycles. The van der Waals surface area contributed by atoms with E-state index in [1.807, 2.05) is 13.0 Å². The number of ether oxygens (including phenoxy) is 3. The Kier molecular flexibility index (Phi) is 6.13. The predicted molar refractivity (Wildman–Crippen MR) is 96.2 cm³/mol. The maximum atomic E-state index is 12.7. The zero-order chi connectivity index (χ0) is 17.6. The molecule has 0 bridgehead atoms. The minimum Gasteiger partial charge on any atom is -0.466 e. The van der Waals surface area contributed by atoms with Crippen molar-refractivity contribution >= 4 is 5.97 Å². The lowest BCUT2D eigenvalue weighted by molar-refractivity contribution is -0.200. The molecular formula is C21H30O4. The molecule has 1 heterocycles. The van der Waals surface area contributed by atoms with Gasteiger partial charge in [0.15, 0.2) is 5.79 Å². The van der Waals surface area contributed by atoms with Crippen LogP contribution in [0.25, 0.3) is 0 Å². The quantitative estimate of drug-likeness (QED) is 0.546. The van der Waals surface area contributed by atoms with Crippen LogP contribution in [-0.4, -0.2) is 31.6 Å². The molecule has 0 atom stereocenters. The van der Waals surface area contributed by atoms with Gasteiger partial charge in [0.25, 0.3) is 0 Å². The Morgan fingerprint density at radius 3 is 2.36 bits per heavy atom. The Labute approximate surface area is 150 Å². The molecule has 0 N–H and O–H groups in total. The molecule has 1 aliphatic carbocycles. The van der Waals surface area contributed by atoms with E-state index in [0.29, 0.717) is 19.8 Å². The minimum absolute atomic E-state index is 0.0254. The number of aryl methyl sites for hydroxylation is 1. The minimum atomic E-state index is -0.431. The van der Waals surface area contributed by atoms with Crippen LogP contribution in [0, 0.1) is 5.41 Å². The topological polar surface area (TPSA) is 44.8 Å². The van der Waals surface area contributed by atoms with Crippen LogP contribution in [0.2, 0.25) is 0 Å². The van der Waals surface area contributed by atoms with Crippen molar-refractivity contribution in [2.24, 2.45) is 5.41 Å². The first-order valence-electron chi connectivity index (χ1n) is 9.67. The molecule has 4 nitrogen and oxygen atoms in total. The number of benzene rings is 1. The molecule has 2 fully saturated rings. The summed E-state index contributed by atoms with van der Waals surface area (Å²) in [6, 6.07) is 10.5. The second-order valence-corrected chi connectivity index (χ2v) is 7.30. The van der Waals surface area contributed by atoms with E-state index in [4.69, 9.17) is 14.2 Å². The smallest absolute Gasteiger partial charge is 0.312 e. The summed E-state index contributed by atoms with van der Waals surface area (Å²) < 4.78 is 17.1. The van der Waals surface area contributed by atoms with Crippen molar-refractivity contribution in [3.05, 3.63) is 35.9 Å². The summed E-state index contributed by atoms with van der Waals surface area (Å²) in [6.07, 6.45) is 7.31. The van der Waals surface area contributed by atoms with Crippen LogP contribution in [-0.2, 0) is 25.4 Å². The number of rotatable bonds is 7. The summed E-state index contributed by atoms with van der Waals surface area (Å²) >= 11 is 0. The molecule has 4 heteroatoms. The Hall–Kier alpha value is -1.39. The van der Waals surface area contributed by atoms with Crippen LogP contribution in [0.15, 0.2) is 30.3 Å². The van der Waals surface area contributed by atoms with Crippen LogP contribution in [0.4, 0.5) is 0 Å². The second kappa shape index (κ2) is 8.33. The first-order chi connectivity index (χ1) is 12.2. The van der Waals surface area contributed by atoms with Crippen molar-refractivity contribution < 1.29 is 19.0 Å². The third kappa shape index (κ3) is 4.42. The van der Waals surface area contributed by atoms with E-state index < -0.39 is 5.79 Å². The Morgan fingerprint density at radius 1 is 1.04 bits per heavy atom. The fourth-order valence-corrected chi connectivity index (χ4v) is 4.17. The van der Waals surface area contributed by atoms with E-state index in [1.165, 1.54) is 5.56 Å². The van der Waals surface area contributed by atoms with Crippen molar-refractivity contribution in [2.45, 2.75) is 64.1 Å². The van der Waals surface area contributed by atoms with Gasteiger partial charge in [-0.25, -0.2) is 0 Å². The molecule has 1 spiro atoms. The number of hydrogen-bond acceptors (Lipinski definition) is 4. The van der Waals surface area contributed by atoms with Crippen molar-refractivity contribution in [3.8, 4) is 0 Å². The van der Waals surface area contributed by atoms with Crippen LogP contribution in [0.3, 0.4) is 0 Å². The van der Waals surface area contributed by atoms with Crippen molar-refractivity contribution in [3.63, 3.8) is 0 Å². The highest BCUT2D eigenvalue weighted by Crippen LogP contribution is 2.48. The van der Waals surface area contributed by atoms with Gasteiger partial charge in [0.2, 0.25) is 0 Å². The lowest BCUT2D eigenvalue weighted by Gasteiger charge is -2.42. The van der Waals surface area contributed by atoms with Crippen LogP contribution in [0.5, 0.6) is 0 Å². The fraction of sp³-hybridized carbons (Fsp3) is 0.667. The second-order valence-electron chi connectivity index (χ2n) is 7.30. The van der Waals surface area contributed by atoms with Gasteiger partial charge in [-0.3, -0.25) is 4.79 Å². The van der Waals surface area contributed by atoms with E-state index in [1.54, 1.807) is 0 Å². The van der Waals surface area contributed by atoms with Gasteiger partial charge < -0.3 is 14.2 Å². The third-order valence-corrected chi connectivity index (χ3v) is 5.70. The maximum Gasteiger partial charge on any atom is 0.312 e. The standard InChI is InChI=1S/C21H30O4/c1-2-23-19(22)20(11-7-6-10-18-8-4-3-5-9-18)12-14-21(15-13-20)24-16-17-25-21/h3-5,8-9H,2,6-7,10-17H2,1H3. The van der Waals surface area contributed by atoms with Gasteiger partial charge in [0.05, 0.1) is 25.2 Å². The van der Waals surface area contributed by atoms with Gasteiger partial charge in [-0.05, 0) is 44.6 Å². The van der Waals surface area contributed by atoms with Crippen LogP contribution < -0.4 is 0 Å². The zero-order valence-corrected chi connectivity index (χ0v) is 15.3. The molecule has 1 aliphatic heterocycles. The molecule has 138 valence electrons. The monoisotopic (exact) mass is 346 g/mol. The van der Waals surface area contributed by atoms with Crippen LogP contribution in [0.1, 0.15) is 57.4 Å². The van der Waals surface area contributed by atoms with Crippen LogP contribution >= 0.6 is 0 Å². The lowest BCUT2D eigenvalue weighted by Crippen LogP contribution is -2.44. The Balaban J connectivity index is 1.55. The van der Waals surface area contributed by atoms with E-state index >= 15 is 0 Å². The van der Waals surface area contributed by atoms with Gasteiger partial charge in [-0.15, -0.1) is 0 Å². The predicted octanol–water partition coefficient (Wildman–Crippen LogP) is 4.27. The average Bonchev–Trinajstić information content (AvgIpc) is 3.10. The summed E-state index contributed by atoms with van der Waals surface area (Å²) in [4.78, 5) is 12.7. The highest BCUT2D eigenvalue weighted by atomic mass is 16.7. The number of carbonyl (C=O) groups is 1. The van der Waals surface area contributed by atoms with E-state index in [9.17, 15) is 4.79 Å². The molecule has 1 aromatic rings. The summed E-state index contributed by atoms with van der Waals surface area (Å²) in [5, 5.41) is 0. The highest BCUT2D eigenvalue weighted by Gasteiger charge is 2.50. The number of unbranched alkanes of at least 4 members (excludes halogenated alkanes) is 1. The number of carbonyl (C=O) groups excluding carboxylic acids is 1. The van der Waals surface area contributed by atoms with Gasteiger partial charge in [0, 0.05) is 12.8 Å². The van der Waals surface area contributed by atoms with Gasteiger partial charge in [-0.1, -0.05) is 36.8 Å². The molecule has 0 unspecified atom stereocenters. The molecule has 0 radical (unpaired) electrons. The van der Waals surface area contributed by atoms with Crippen molar-refractivity contribution in [1.29, 1.82) is 0 Å². The molecule has 1 saturated heterocycles. The SMILES string of the molecule is CCOC(=O)C1(CCCCc2ccccc2)CCC2(CC1)OCCO2. The van der Waals surface area contributed by atoms with E-state index in [2.05, 4.69) is 24.3 Å². The van der Waals surface area contributed by atoms with Gasteiger partial charge in [-0.2, -0.15) is 0 Å². The van der Waals surface area contributed by atoms with Crippen molar-refractivity contribution in [1.82, 2.24) is 0 Å². The molecule has 3 rings (SSSR count). The number of hydrogen-bond donors (Lipinski definition) is 0. The Morgan fingerprint density at radius 2 is 1.72 bits per heavy atom. The van der Waals surface area contributed by atoms with E-state index in [-0.39, 0.29) is 11.4 Å². The maximum absolute atomic E-state index is 12.7. The molecule has 0 aromatic heterocycles. The highest BCUT2D eigenvalue weighted by molar-refractivity contribution is 5.77. The van der Waals surface area contributed by atoms with Crippen molar-refractivity contribution in [2.75, 3.05) is 19.8 Å². The van der Waals surface area contributed by atoms with E-state index in [0.717, 1.165) is 51.4 Å². The first kappa shape index (κ1) is 18.4. The molecule has 0 amide bonds. The average molecular weight is 346 g/mol. The largest absolute Gasteiger partial charge is 0.466 e. The molecule has 1 aromatic carbocycles. The van der Waals surface area contributed by atoms with Gasteiger partial charge in [0.1, 0.15) is 0 Å². The first-order valence-corrected chi connectivity index (χ1v) is 9.67. The number of esters is 1. The summed E-state index contributed by atoms with van der Waals surface area (Å²) in [6.45, 7) is 3.67. The summed E-state index contributed by atoms with van der Waals surface area (Å²) in [7, 11) is 0. The summed E-state index contributed by atoms with van der Waals surface area (Å²) in [5.74, 6) is -0.456. The molecule has 2 aliphatic rings. The molecular weight excluding hydrogens is 316 g/mol. The summed E-state index contributed by atoms with van der Waals surface area (Å²) in [5.41, 5.74) is 1.01. The molecule has 25 heavy (non-hydrogen) atoms. The lowest BCUT2D eigenvalue weighted by atomic mass is 9.69. The van der Waals surface area contributed by atoms with Gasteiger partial charge >= 0.3 is 5.97 Å². The normalized spacial score (nSPS) is 21.3. The zero-order valence-electron chi connectivity index (χ0n) is 15.3. The third-order valence-electron chi connectivity index (χ3n) is 5.70. The Bertz CT molecular complexity index is 538.